The zero-order valence-corrected chi connectivity index (χ0v) is 24.4. The van der Waals surface area contributed by atoms with E-state index in [1.807, 2.05) is 44.2 Å². The van der Waals surface area contributed by atoms with E-state index >= 15 is 0 Å². The summed E-state index contributed by atoms with van der Waals surface area (Å²) in [5, 5.41) is 33.0. The average Bonchev–Trinajstić information content (AvgIpc) is 2.86. The maximum absolute atomic E-state index is 13.9. The molecule has 0 aliphatic carbocycles. The zero-order valence-electron chi connectivity index (χ0n) is 23.6. The molecule has 9 nitrogen and oxygen atoms in total. The quantitative estimate of drug-likeness (QED) is 0.398. The Morgan fingerprint density at radius 1 is 1.08 bits per heavy atom. The monoisotopic (exact) mass is 558 g/mol. The number of rotatable bonds is 13. The minimum atomic E-state index is -4.11. The number of carbonyl (C=O) groups is 1. The highest BCUT2D eigenvalue weighted by Crippen LogP contribution is 2.30. The number of benzene rings is 2. The van der Waals surface area contributed by atoms with Gasteiger partial charge in [-0.1, -0.05) is 44.2 Å². The fourth-order valence-electron chi connectivity index (χ4n) is 4.59. The Hall–Kier alpha value is -3.13. The average molecular weight is 559 g/mol. The van der Waals surface area contributed by atoms with Gasteiger partial charge in [0.05, 0.1) is 30.2 Å². The van der Waals surface area contributed by atoms with Gasteiger partial charge in [0, 0.05) is 25.0 Å². The molecular weight excluding hydrogens is 518 g/mol. The molecule has 10 heteroatoms. The van der Waals surface area contributed by atoms with E-state index in [4.69, 9.17) is 10.00 Å². The fourth-order valence-corrected chi connectivity index (χ4v) is 6.23. The van der Waals surface area contributed by atoms with E-state index in [1.165, 1.54) is 35.7 Å². The molecule has 0 aliphatic heterocycles. The first-order valence-electron chi connectivity index (χ1n) is 12.9. The minimum Gasteiger partial charge on any atom is -0.530 e. The molecule has 0 saturated heterocycles. The number of carbonyl (C=O) groups excluding carboxylic acids is 1. The maximum atomic E-state index is 13.9. The molecule has 0 radical (unpaired) electrons. The van der Waals surface area contributed by atoms with E-state index in [0.29, 0.717) is 12.2 Å². The molecule has 0 aromatic heterocycles. The van der Waals surface area contributed by atoms with E-state index in [1.54, 1.807) is 20.8 Å². The lowest BCUT2D eigenvalue weighted by Crippen LogP contribution is -2.62. The highest BCUT2D eigenvalue weighted by atomic mass is 32.2. The first kappa shape index (κ1) is 32.1. The van der Waals surface area contributed by atoms with Crippen molar-refractivity contribution in [2.75, 3.05) is 20.2 Å². The second-order valence-corrected chi connectivity index (χ2v) is 13.4. The molecule has 0 fully saturated rings. The number of nitriles is 1. The van der Waals surface area contributed by atoms with Crippen LogP contribution in [0.1, 0.15) is 53.0 Å². The number of hydrogen-bond donors (Lipinski definition) is 1. The lowest BCUT2D eigenvalue weighted by molar-refractivity contribution is -0.275. The minimum absolute atomic E-state index is 0.0128. The first-order valence-corrected chi connectivity index (χ1v) is 14.3. The van der Waals surface area contributed by atoms with Gasteiger partial charge in [-0.3, -0.25) is 0 Å². The standard InChI is InChI=1S/C29H41N3O6S/c1-28(2,3)32(27(34)35)25(19-22-11-8-7-9-12-22)26(33)20-31(21-29(4,5)17-10-18-30)39(36,37)24-15-13-23(38-6)14-16-24/h7-9,11-16,25-26,33H,10,17,19-21H2,1-6H3,(H,34,35)/p-1/t25-,26+/m0/s1. The summed E-state index contributed by atoms with van der Waals surface area (Å²) < 4.78 is 34.1. The first-order chi connectivity index (χ1) is 18.1. The van der Waals surface area contributed by atoms with E-state index < -0.39 is 39.2 Å². The molecule has 0 aliphatic rings. The normalized spacial score (nSPS) is 13.9. The highest BCUT2D eigenvalue weighted by molar-refractivity contribution is 7.89. The van der Waals surface area contributed by atoms with Crippen molar-refractivity contribution in [2.45, 2.75) is 76.5 Å². The van der Waals surface area contributed by atoms with Crippen molar-refractivity contribution >= 4 is 16.1 Å². The van der Waals surface area contributed by atoms with E-state index in [2.05, 4.69) is 6.07 Å². The van der Waals surface area contributed by atoms with Crippen LogP contribution in [-0.4, -0.2) is 66.7 Å². The Labute approximate surface area is 232 Å². The fraction of sp³-hybridized carbons (Fsp3) is 0.517. The van der Waals surface area contributed by atoms with Crippen molar-refractivity contribution in [3.63, 3.8) is 0 Å². The summed E-state index contributed by atoms with van der Waals surface area (Å²) in [6.07, 6.45) is -2.01. The van der Waals surface area contributed by atoms with Gasteiger partial charge < -0.3 is 24.6 Å². The van der Waals surface area contributed by atoms with Crippen molar-refractivity contribution in [2.24, 2.45) is 5.41 Å². The summed E-state index contributed by atoms with van der Waals surface area (Å²) in [6, 6.07) is 16.2. The van der Waals surface area contributed by atoms with Crippen LogP contribution in [0.3, 0.4) is 0 Å². The SMILES string of the molecule is COc1ccc(S(=O)(=O)N(C[C@@H](O)[C@H](Cc2ccccc2)N(C(=O)[O-])C(C)(C)C)CC(C)(C)CCC#N)cc1. The number of ether oxygens (including phenoxy) is 1. The number of sulfonamides is 1. The molecule has 1 amide bonds. The molecule has 39 heavy (non-hydrogen) atoms. The molecule has 2 aromatic carbocycles. The summed E-state index contributed by atoms with van der Waals surface area (Å²) in [6.45, 7) is 8.47. The highest BCUT2D eigenvalue weighted by Gasteiger charge is 2.38. The summed E-state index contributed by atoms with van der Waals surface area (Å²) in [7, 11) is -2.63. The number of nitrogens with zero attached hydrogens (tertiary/aromatic N) is 3. The second kappa shape index (κ2) is 13.3. The van der Waals surface area contributed by atoms with E-state index in [0.717, 1.165) is 10.5 Å². The van der Waals surface area contributed by atoms with E-state index in [9.17, 15) is 23.4 Å². The van der Waals surface area contributed by atoms with Crippen molar-refractivity contribution in [3.8, 4) is 11.8 Å². The Morgan fingerprint density at radius 3 is 2.15 bits per heavy atom. The number of amides is 1. The van der Waals surface area contributed by atoms with Gasteiger partial charge in [0.2, 0.25) is 10.0 Å². The van der Waals surface area contributed by atoms with Gasteiger partial charge in [-0.15, -0.1) is 0 Å². The lowest BCUT2D eigenvalue weighted by Gasteiger charge is -2.46. The topological polar surface area (TPSA) is 134 Å². The molecule has 0 bridgehead atoms. The Kier molecular flexibility index (Phi) is 10.9. The smallest absolute Gasteiger partial charge is 0.243 e. The number of aliphatic hydroxyl groups is 1. The molecule has 2 atom stereocenters. The number of hydrogen-bond acceptors (Lipinski definition) is 7. The molecule has 0 saturated carbocycles. The predicted molar refractivity (Wildman–Crippen MR) is 147 cm³/mol. The van der Waals surface area contributed by atoms with Gasteiger partial charge in [-0.25, -0.2) is 8.42 Å². The van der Waals surface area contributed by atoms with Crippen LogP contribution in [0.5, 0.6) is 5.75 Å². The third-order valence-corrected chi connectivity index (χ3v) is 8.41. The van der Waals surface area contributed by atoms with Gasteiger partial charge in [0.25, 0.3) is 0 Å². The van der Waals surface area contributed by atoms with Crippen molar-refractivity contribution in [3.05, 3.63) is 60.2 Å². The van der Waals surface area contributed by atoms with Gasteiger partial charge in [0.15, 0.2) is 0 Å². The van der Waals surface area contributed by atoms with Crippen LogP contribution in [0.4, 0.5) is 4.79 Å². The van der Waals surface area contributed by atoms with Crippen molar-refractivity contribution in [1.29, 1.82) is 5.26 Å². The van der Waals surface area contributed by atoms with Gasteiger partial charge in [-0.2, -0.15) is 9.57 Å². The molecule has 2 rings (SSSR count). The maximum Gasteiger partial charge on any atom is 0.243 e. The Bertz CT molecular complexity index is 1220. The largest absolute Gasteiger partial charge is 0.530 e. The summed E-state index contributed by atoms with van der Waals surface area (Å²) >= 11 is 0. The van der Waals surface area contributed by atoms with Crippen LogP contribution < -0.4 is 9.84 Å². The van der Waals surface area contributed by atoms with Gasteiger partial charge in [-0.05, 0) is 68.9 Å². The van der Waals surface area contributed by atoms with Crippen molar-refractivity contribution in [1.82, 2.24) is 9.21 Å². The van der Waals surface area contributed by atoms with E-state index in [-0.39, 0.29) is 30.8 Å². The van der Waals surface area contributed by atoms with Crippen molar-refractivity contribution < 1.29 is 28.2 Å². The molecule has 0 spiro atoms. The number of methoxy groups -OCH3 is 1. The number of aliphatic hydroxyl groups excluding tert-OH is 1. The summed E-state index contributed by atoms with van der Waals surface area (Å²) in [4.78, 5) is 13.4. The second-order valence-electron chi connectivity index (χ2n) is 11.4. The van der Waals surface area contributed by atoms with Crippen LogP contribution in [0.25, 0.3) is 0 Å². The number of carboxylic acid groups (broad SMARTS) is 1. The Balaban J connectivity index is 2.55. The third kappa shape index (κ3) is 8.95. The molecular formula is C29H40N3O6S-. The molecule has 2 aromatic rings. The van der Waals surface area contributed by atoms with Crippen LogP contribution in [0.15, 0.2) is 59.5 Å². The molecule has 0 unspecified atom stereocenters. The van der Waals surface area contributed by atoms with Crippen LogP contribution in [-0.2, 0) is 16.4 Å². The Morgan fingerprint density at radius 2 is 1.67 bits per heavy atom. The lowest BCUT2D eigenvalue weighted by atomic mass is 9.87. The summed E-state index contributed by atoms with van der Waals surface area (Å²) in [5.41, 5.74) is -0.733. The van der Waals surface area contributed by atoms with Gasteiger partial charge in [0.1, 0.15) is 11.8 Å². The third-order valence-electron chi connectivity index (χ3n) is 6.59. The van der Waals surface area contributed by atoms with Crippen LogP contribution in [0, 0.1) is 16.7 Å². The zero-order chi connectivity index (χ0) is 29.4. The van der Waals surface area contributed by atoms with Gasteiger partial charge >= 0.3 is 0 Å². The molecule has 1 N–H and O–H groups in total. The van der Waals surface area contributed by atoms with Crippen LogP contribution in [0.2, 0.25) is 0 Å². The van der Waals surface area contributed by atoms with Crippen LogP contribution >= 0.6 is 0 Å². The molecule has 0 heterocycles. The predicted octanol–water partition coefficient (Wildman–Crippen LogP) is 3.43. The molecule has 214 valence electrons. The summed E-state index contributed by atoms with van der Waals surface area (Å²) in [5.74, 6) is 0.493.